The number of hydrogen-bond acceptors (Lipinski definition) is 1. The molecule has 1 aliphatic rings. The Balaban J connectivity index is 2.39. The van der Waals surface area contributed by atoms with Gasteiger partial charge in [-0.1, -0.05) is 17.7 Å². The van der Waals surface area contributed by atoms with Crippen molar-refractivity contribution >= 4 is 29.8 Å². The first-order valence-electron chi connectivity index (χ1n) is 4.95. The zero-order chi connectivity index (χ0) is 9.97. The smallest absolute Gasteiger partial charge is 0.0412 e. The van der Waals surface area contributed by atoms with Crippen LogP contribution in [0.3, 0.4) is 0 Å². The third kappa shape index (κ3) is 2.15. The molecule has 0 fully saturated rings. The number of hydrogen-bond donors (Lipinski definition) is 1. The monoisotopic (exact) mass is 224 g/mol. The van der Waals surface area contributed by atoms with Crippen LogP contribution in [0.25, 0.3) is 5.57 Å². The van der Waals surface area contributed by atoms with E-state index in [0.717, 1.165) is 16.3 Å². The first-order valence-corrected chi connectivity index (χ1v) is 5.78. The summed E-state index contributed by atoms with van der Waals surface area (Å²) in [7, 11) is 0. The Labute approximate surface area is 95.4 Å². The van der Waals surface area contributed by atoms with E-state index in [4.69, 9.17) is 11.6 Å². The average molecular weight is 225 g/mol. The summed E-state index contributed by atoms with van der Waals surface area (Å²) in [5.41, 5.74) is 2.62. The van der Waals surface area contributed by atoms with Crippen molar-refractivity contribution in [2.24, 2.45) is 0 Å². The molecule has 0 unspecified atom stereocenters. The molecule has 2 rings (SSSR count). The standard InChI is InChI=1S/C12H13ClS/c13-10-6-7-12(14)11(8-10)9-4-2-1-3-5-9/h4,6-8,14H,1-3,5H2. The van der Waals surface area contributed by atoms with Gasteiger partial charge in [0, 0.05) is 9.92 Å². The minimum absolute atomic E-state index is 0.796. The summed E-state index contributed by atoms with van der Waals surface area (Å²) in [5.74, 6) is 0. The molecule has 2 heteroatoms. The molecule has 14 heavy (non-hydrogen) atoms. The van der Waals surface area contributed by atoms with Gasteiger partial charge in [-0.25, -0.2) is 0 Å². The van der Waals surface area contributed by atoms with Gasteiger partial charge in [0.15, 0.2) is 0 Å². The van der Waals surface area contributed by atoms with Crippen LogP contribution in [0.1, 0.15) is 31.2 Å². The van der Waals surface area contributed by atoms with E-state index in [-0.39, 0.29) is 0 Å². The molecule has 0 aliphatic heterocycles. The van der Waals surface area contributed by atoms with Gasteiger partial charge in [0.05, 0.1) is 0 Å². The molecule has 0 aromatic heterocycles. The third-order valence-corrected chi connectivity index (χ3v) is 3.22. The Kier molecular flexibility index (Phi) is 3.19. The van der Waals surface area contributed by atoms with Crippen LogP contribution in [-0.4, -0.2) is 0 Å². The van der Waals surface area contributed by atoms with Crippen LogP contribution in [0.2, 0.25) is 5.02 Å². The van der Waals surface area contributed by atoms with Crippen molar-refractivity contribution in [1.29, 1.82) is 0 Å². The lowest BCUT2D eigenvalue weighted by atomic mass is 9.94. The summed E-state index contributed by atoms with van der Waals surface area (Å²) in [6, 6.07) is 5.87. The Morgan fingerprint density at radius 1 is 1.21 bits per heavy atom. The third-order valence-electron chi connectivity index (χ3n) is 2.60. The SMILES string of the molecule is Sc1ccc(Cl)cc1C1=CCCCC1. The minimum atomic E-state index is 0.796. The summed E-state index contributed by atoms with van der Waals surface area (Å²) in [4.78, 5) is 1.03. The number of thiol groups is 1. The highest BCUT2D eigenvalue weighted by Gasteiger charge is 2.09. The molecule has 0 spiro atoms. The van der Waals surface area contributed by atoms with Crippen molar-refractivity contribution < 1.29 is 0 Å². The van der Waals surface area contributed by atoms with Gasteiger partial charge in [-0.15, -0.1) is 12.6 Å². The average Bonchev–Trinajstić information content (AvgIpc) is 2.23. The van der Waals surface area contributed by atoms with Crippen LogP contribution in [0.4, 0.5) is 0 Å². The molecule has 0 bridgehead atoms. The predicted octanol–water partition coefficient (Wildman–Crippen LogP) is 4.59. The molecule has 0 nitrogen and oxygen atoms in total. The lowest BCUT2D eigenvalue weighted by molar-refractivity contribution is 0.741. The molecule has 1 aromatic rings. The van der Waals surface area contributed by atoms with E-state index in [1.807, 2.05) is 18.2 Å². The second-order valence-corrected chi connectivity index (χ2v) is 4.55. The zero-order valence-corrected chi connectivity index (χ0v) is 9.61. The summed E-state index contributed by atoms with van der Waals surface area (Å²) < 4.78 is 0. The van der Waals surface area contributed by atoms with E-state index >= 15 is 0 Å². The predicted molar refractivity (Wildman–Crippen MR) is 65.1 cm³/mol. The van der Waals surface area contributed by atoms with E-state index < -0.39 is 0 Å². The highest BCUT2D eigenvalue weighted by Crippen LogP contribution is 2.32. The molecule has 0 radical (unpaired) electrons. The van der Waals surface area contributed by atoms with Gasteiger partial charge < -0.3 is 0 Å². The van der Waals surface area contributed by atoms with Crippen LogP contribution in [-0.2, 0) is 0 Å². The summed E-state index contributed by atoms with van der Waals surface area (Å²) >= 11 is 10.4. The van der Waals surface area contributed by atoms with Crippen molar-refractivity contribution in [3.63, 3.8) is 0 Å². The lowest BCUT2D eigenvalue weighted by Gasteiger charge is -2.14. The molecule has 1 aliphatic carbocycles. The van der Waals surface area contributed by atoms with E-state index in [1.165, 1.54) is 30.4 Å². The maximum atomic E-state index is 5.97. The molecule has 0 saturated heterocycles. The fraction of sp³-hybridized carbons (Fsp3) is 0.333. The van der Waals surface area contributed by atoms with E-state index in [1.54, 1.807) is 0 Å². The minimum Gasteiger partial charge on any atom is -0.143 e. The first-order chi connectivity index (χ1) is 6.77. The number of benzene rings is 1. The largest absolute Gasteiger partial charge is 0.143 e. The normalized spacial score (nSPS) is 16.6. The van der Waals surface area contributed by atoms with E-state index in [9.17, 15) is 0 Å². The van der Waals surface area contributed by atoms with Crippen molar-refractivity contribution in [1.82, 2.24) is 0 Å². The topological polar surface area (TPSA) is 0 Å². The van der Waals surface area contributed by atoms with Gasteiger partial charge in [-0.3, -0.25) is 0 Å². The molecular weight excluding hydrogens is 212 g/mol. The Morgan fingerprint density at radius 2 is 2.07 bits per heavy atom. The van der Waals surface area contributed by atoms with Crippen LogP contribution in [0.15, 0.2) is 29.2 Å². The van der Waals surface area contributed by atoms with Gasteiger partial charge in [-0.05, 0) is 55.0 Å². The molecule has 0 atom stereocenters. The van der Waals surface area contributed by atoms with Gasteiger partial charge >= 0.3 is 0 Å². The summed E-state index contributed by atoms with van der Waals surface area (Å²) in [6.45, 7) is 0. The molecule has 0 saturated carbocycles. The van der Waals surface area contributed by atoms with Gasteiger partial charge in [0.2, 0.25) is 0 Å². The Bertz CT molecular complexity index is 369. The lowest BCUT2D eigenvalue weighted by Crippen LogP contribution is -1.92. The fourth-order valence-electron chi connectivity index (χ4n) is 1.85. The molecule has 0 heterocycles. The zero-order valence-electron chi connectivity index (χ0n) is 7.96. The van der Waals surface area contributed by atoms with Crippen LogP contribution in [0, 0.1) is 0 Å². The molecule has 74 valence electrons. The van der Waals surface area contributed by atoms with Crippen LogP contribution >= 0.6 is 24.2 Å². The summed E-state index contributed by atoms with van der Waals surface area (Å²) in [5, 5.41) is 0.796. The maximum absolute atomic E-state index is 5.97. The molecule has 0 amide bonds. The van der Waals surface area contributed by atoms with Crippen molar-refractivity contribution in [2.45, 2.75) is 30.6 Å². The highest BCUT2D eigenvalue weighted by atomic mass is 35.5. The second-order valence-electron chi connectivity index (χ2n) is 3.64. The van der Waals surface area contributed by atoms with Crippen molar-refractivity contribution in [3.05, 3.63) is 34.9 Å². The van der Waals surface area contributed by atoms with Gasteiger partial charge in [0.25, 0.3) is 0 Å². The van der Waals surface area contributed by atoms with E-state index in [0.29, 0.717) is 0 Å². The first kappa shape index (κ1) is 10.1. The molecule has 1 aromatic carbocycles. The maximum Gasteiger partial charge on any atom is 0.0412 e. The number of allylic oxidation sites excluding steroid dienone is 2. The van der Waals surface area contributed by atoms with Crippen molar-refractivity contribution in [2.75, 3.05) is 0 Å². The highest BCUT2D eigenvalue weighted by molar-refractivity contribution is 7.80. The van der Waals surface area contributed by atoms with Gasteiger partial charge in [0.1, 0.15) is 0 Å². The quantitative estimate of drug-likeness (QED) is 0.663. The molecule has 0 N–H and O–H groups in total. The second kappa shape index (κ2) is 4.41. The summed E-state index contributed by atoms with van der Waals surface area (Å²) in [6.07, 6.45) is 7.26. The van der Waals surface area contributed by atoms with Crippen molar-refractivity contribution in [3.8, 4) is 0 Å². The van der Waals surface area contributed by atoms with Gasteiger partial charge in [-0.2, -0.15) is 0 Å². The fourth-order valence-corrected chi connectivity index (χ4v) is 2.30. The number of halogens is 1. The van der Waals surface area contributed by atoms with Crippen LogP contribution < -0.4 is 0 Å². The van der Waals surface area contributed by atoms with E-state index in [2.05, 4.69) is 18.7 Å². The Morgan fingerprint density at radius 3 is 2.79 bits per heavy atom. The molecular formula is C12H13ClS. The number of rotatable bonds is 1. The van der Waals surface area contributed by atoms with Crippen LogP contribution in [0.5, 0.6) is 0 Å². The Hall–Kier alpha value is -0.400.